The van der Waals surface area contributed by atoms with Crippen molar-refractivity contribution in [2.45, 2.75) is 23.8 Å². The zero-order chi connectivity index (χ0) is 25.7. The summed E-state index contributed by atoms with van der Waals surface area (Å²) in [5.74, 6) is 0.356. The highest BCUT2D eigenvalue weighted by molar-refractivity contribution is 8.00. The maximum atomic E-state index is 13.3. The van der Waals surface area contributed by atoms with Crippen LogP contribution in [-0.4, -0.2) is 40.9 Å². The highest BCUT2D eigenvalue weighted by Gasteiger charge is 2.24. The van der Waals surface area contributed by atoms with E-state index in [0.29, 0.717) is 39.4 Å². The van der Waals surface area contributed by atoms with Gasteiger partial charge in [-0.15, -0.1) is 11.3 Å². The Bertz CT molecular complexity index is 1470. The minimum absolute atomic E-state index is 0.204. The van der Waals surface area contributed by atoms with E-state index in [1.807, 2.05) is 6.92 Å². The van der Waals surface area contributed by atoms with Crippen LogP contribution in [0.5, 0.6) is 11.5 Å². The van der Waals surface area contributed by atoms with Crippen molar-refractivity contribution in [3.8, 4) is 11.5 Å². The van der Waals surface area contributed by atoms with Gasteiger partial charge in [-0.3, -0.25) is 19.8 Å². The number of anilines is 1. The largest absolute Gasteiger partial charge is 0.497 e. The highest BCUT2D eigenvalue weighted by Crippen LogP contribution is 2.27. The molecule has 0 spiro atoms. The van der Waals surface area contributed by atoms with E-state index in [2.05, 4.69) is 15.7 Å². The maximum absolute atomic E-state index is 13.3. The second kappa shape index (κ2) is 11.3. The second-order valence-corrected chi connectivity index (χ2v) is 9.66. The van der Waals surface area contributed by atoms with Crippen molar-refractivity contribution >= 4 is 50.8 Å². The number of aromatic nitrogens is 2. The van der Waals surface area contributed by atoms with Crippen LogP contribution in [0.1, 0.15) is 23.7 Å². The van der Waals surface area contributed by atoms with Crippen LogP contribution in [0, 0.1) is 0 Å². The quantitative estimate of drug-likeness (QED) is 0.247. The summed E-state index contributed by atoms with van der Waals surface area (Å²) >= 11 is 2.34. The Morgan fingerprint density at radius 1 is 1.08 bits per heavy atom. The third-order valence-corrected chi connectivity index (χ3v) is 7.45. The molecule has 2 aromatic carbocycles. The first-order valence-corrected chi connectivity index (χ1v) is 12.8. The Hall–Kier alpha value is -3.83. The summed E-state index contributed by atoms with van der Waals surface area (Å²) in [4.78, 5) is 43.9. The first-order chi connectivity index (χ1) is 17.4. The fourth-order valence-electron chi connectivity index (χ4n) is 3.37. The molecule has 0 aliphatic heterocycles. The predicted octanol–water partition coefficient (Wildman–Crippen LogP) is 4.37. The molecule has 0 unspecified atom stereocenters. The zero-order valence-corrected chi connectivity index (χ0v) is 21.4. The van der Waals surface area contributed by atoms with Crippen molar-refractivity contribution < 1.29 is 19.1 Å². The first kappa shape index (κ1) is 25.3. The van der Waals surface area contributed by atoms with Gasteiger partial charge in [0, 0.05) is 17.3 Å². The van der Waals surface area contributed by atoms with Gasteiger partial charge in [-0.05, 0) is 48.2 Å². The molecule has 0 saturated heterocycles. The molecule has 186 valence electrons. The fourth-order valence-corrected chi connectivity index (χ4v) is 5.10. The Balaban J connectivity index is 1.64. The first-order valence-electron chi connectivity index (χ1n) is 11.0. The summed E-state index contributed by atoms with van der Waals surface area (Å²) in [6, 6.07) is 15.4. The van der Waals surface area contributed by atoms with Crippen molar-refractivity contribution in [2.24, 2.45) is 0 Å². The minimum atomic E-state index is -0.584. The molecule has 0 radical (unpaired) electrons. The lowest BCUT2D eigenvalue weighted by molar-refractivity contribution is -0.115. The zero-order valence-electron chi connectivity index (χ0n) is 19.8. The van der Waals surface area contributed by atoms with E-state index >= 15 is 0 Å². The summed E-state index contributed by atoms with van der Waals surface area (Å²) in [5.41, 5.74) is 3.63. The maximum Gasteiger partial charge on any atom is 0.291 e. The van der Waals surface area contributed by atoms with E-state index in [4.69, 9.17) is 9.47 Å². The normalized spacial score (nSPS) is 11.6. The van der Waals surface area contributed by atoms with Gasteiger partial charge >= 0.3 is 0 Å². The molecule has 1 atom stereocenters. The number of benzene rings is 2. The Kier molecular flexibility index (Phi) is 7.91. The van der Waals surface area contributed by atoms with Gasteiger partial charge in [0.25, 0.3) is 11.5 Å². The summed E-state index contributed by atoms with van der Waals surface area (Å²) in [7, 11) is 3.06. The van der Waals surface area contributed by atoms with E-state index < -0.39 is 16.7 Å². The SMILES string of the molecule is CC[C@@H](Sc1nc2ccsc2c(=O)n1NC(=O)c1cccc(OC)c1)C(=O)Nc1cccc(OC)c1. The number of hydrogen-bond acceptors (Lipinski definition) is 8. The van der Waals surface area contributed by atoms with Crippen LogP contribution < -0.4 is 25.8 Å². The van der Waals surface area contributed by atoms with Crippen molar-refractivity contribution in [1.82, 2.24) is 9.66 Å². The van der Waals surface area contributed by atoms with Crippen LogP contribution >= 0.6 is 23.1 Å². The number of carbonyl (C=O) groups is 2. The lowest BCUT2D eigenvalue weighted by Gasteiger charge is -2.18. The third-order valence-electron chi connectivity index (χ3n) is 5.24. The predicted molar refractivity (Wildman–Crippen MR) is 142 cm³/mol. The van der Waals surface area contributed by atoms with E-state index in [9.17, 15) is 14.4 Å². The summed E-state index contributed by atoms with van der Waals surface area (Å²) < 4.78 is 11.9. The molecule has 0 aliphatic carbocycles. The smallest absolute Gasteiger partial charge is 0.291 e. The molecule has 4 rings (SSSR count). The number of hydrogen-bond donors (Lipinski definition) is 2. The molecule has 2 aromatic heterocycles. The molecule has 0 saturated carbocycles. The van der Waals surface area contributed by atoms with Crippen molar-refractivity contribution in [3.63, 3.8) is 0 Å². The van der Waals surface area contributed by atoms with Gasteiger partial charge in [-0.1, -0.05) is 30.8 Å². The number of amides is 2. The second-order valence-electron chi connectivity index (χ2n) is 7.58. The van der Waals surface area contributed by atoms with Crippen LogP contribution in [0.4, 0.5) is 5.69 Å². The molecule has 0 aliphatic rings. The molecule has 0 fully saturated rings. The number of ether oxygens (including phenoxy) is 2. The third kappa shape index (κ3) is 5.52. The van der Waals surface area contributed by atoms with Crippen LogP contribution in [0.3, 0.4) is 0 Å². The molecule has 2 N–H and O–H groups in total. The van der Waals surface area contributed by atoms with Crippen LogP contribution in [0.2, 0.25) is 0 Å². The van der Waals surface area contributed by atoms with Gasteiger partial charge in [0.15, 0.2) is 5.16 Å². The van der Waals surface area contributed by atoms with Crippen LogP contribution in [0.15, 0.2) is 69.9 Å². The standard InChI is InChI=1S/C25H24N4O5S2/c1-4-20(23(31)26-16-8-6-10-18(14-16)34-3)36-25-27-19-11-12-35-21(19)24(32)29(25)28-22(30)15-7-5-9-17(13-15)33-2/h5-14,20H,4H2,1-3H3,(H,26,31)(H,28,30)/t20-/m1/s1. The van der Waals surface area contributed by atoms with Crippen molar-refractivity contribution in [1.29, 1.82) is 0 Å². The monoisotopic (exact) mass is 524 g/mol. The summed E-state index contributed by atoms with van der Waals surface area (Å²) in [6.07, 6.45) is 0.460. The number of nitrogens with one attached hydrogen (secondary N) is 2. The lowest BCUT2D eigenvalue weighted by atomic mass is 10.2. The number of fused-ring (bicyclic) bond motifs is 1. The molecule has 2 heterocycles. The van der Waals surface area contributed by atoms with Crippen LogP contribution in [-0.2, 0) is 4.79 Å². The van der Waals surface area contributed by atoms with E-state index in [1.54, 1.807) is 67.1 Å². The van der Waals surface area contributed by atoms with Gasteiger partial charge in [0.1, 0.15) is 16.2 Å². The number of methoxy groups -OCH3 is 2. The minimum Gasteiger partial charge on any atom is -0.497 e. The molecular weight excluding hydrogens is 500 g/mol. The summed E-state index contributed by atoms with van der Waals surface area (Å²) in [6.45, 7) is 1.86. The van der Waals surface area contributed by atoms with Gasteiger partial charge < -0.3 is 14.8 Å². The molecule has 11 heteroatoms. The Morgan fingerprint density at radius 2 is 1.81 bits per heavy atom. The van der Waals surface area contributed by atoms with Gasteiger partial charge in [-0.25, -0.2) is 4.98 Å². The van der Waals surface area contributed by atoms with Crippen molar-refractivity contribution in [2.75, 3.05) is 25.0 Å². The molecule has 2 amide bonds. The number of carbonyl (C=O) groups excluding carboxylic acids is 2. The van der Waals surface area contributed by atoms with Gasteiger partial charge in [-0.2, -0.15) is 4.68 Å². The van der Waals surface area contributed by atoms with E-state index in [1.165, 1.54) is 18.4 Å². The number of nitrogens with zero attached hydrogens (tertiary/aromatic N) is 2. The molecule has 36 heavy (non-hydrogen) atoms. The number of thiophene rings is 1. The molecular formula is C25H24N4O5S2. The van der Waals surface area contributed by atoms with Gasteiger partial charge in [0.05, 0.1) is 25.0 Å². The highest BCUT2D eigenvalue weighted by atomic mass is 32.2. The van der Waals surface area contributed by atoms with Crippen LogP contribution in [0.25, 0.3) is 10.2 Å². The topological polar surface area (TPSA) is 112 Å². The molecule has 4 aromatic rings. The Morgan fingerprint density at radius 3 is 2.53 bits per heavy atom. The Labute approximate surface area is 215 Å². The van der Waals surface area contributed by atoms with Gasteiger partial charge in [0.2, 0.25) is 5.91 Å². The fraction of sp³-hybridized carbons (Fsp3) is 0.200. The molecule has 0 bridgehead atoms. The molecule has 9 nitrogen and oxygen atoms in total. The average Bonchev–Trinajstić information content (AvgIpc) is 3.38. The van der Waals surface area contributed by atoms with Crippen molar-refractivity contribution in [3.05, 3.63) is 75.9 Å². The number of rotatable bonds is 9. The number of thioether (sulfide) groups is 1. The average molecular weight is 525 g/mol. The summed E-state index contributed by atoms with van der Waals surface area (Å²) in [5, 5.41) is 4.26. The van der Waals surface area contributed by atoms with E-state index in [0.717, 1.165) is 16.4 Å². The lowest BCUT2D eigenvalue weighted by Crippen LogP contribution is -2.35. The van der Waals surface area contributed by atoms with E-state index in [-0.39, 0.29) is 11.1 Å².